The summed E-state index contributed by atoms with van der Waals surface area (Å²) in [5, 5.41) is 4.69. The highest BCUT2D eigenvalue weighted by molar-refractivity contribution is 7.09. The molecule has 0 aliphatic rings. The number of thiazole rings is 1. The third-order valence-electron chi connectivity index (χ3n) is 2.53. The van der Waals surface area contributed by atoms with Crippen LogP contribution in [0.3, 0.4) is 0 Å². The summed E-state index contributed by atoms with van der Waals surface area (Å²) in [6.45, 7) is 4.65. The van der Waals surface area contributed by atoms with Gasteiger partial charge in [0.1, 0.15) is 0 Å². The van der Waals surface area contributed by atoms with Crippen molar-refractivity contribution in [1.82, 2.24) is 4.98 Å². The third kappa shape index (κ3) is 2.92. The van der Waals surface area contributed by atoms with Gasteiger partial charge in [0.25, 0.3) is 0 Å². The Bertz CT molecular complexity index is 537. The normalized spacial score (nSPS) is 10.6. The Kier molecular flexibility index (Phi) is 3.92. The van der Waals surface area contributed by atoms with Crippen LogP contribution in [0.5, 0.6) is 0 Å². The van der Waals surface area contributed by atoms with Gasteiger partial charge in [0.2, 0.25) is 0 Å². The minimum Gasteiger partial charge on any atom is -0.379 e. The Labute approximate surface area is 115 Å². The number of aromatic nitrogens is 1. The number of rotatable bonds is 3. The average Bonchev–Trinajstić information content (AvgIpc) is 2.68. The minimum absolute atomic E-state index is 0.689. The standard InChI is InChI=1S/C12H12Cl2N2S/c1-7-3-10(14)11(4-9(7)13)15-5-12-8(2)16-6-17-12/h3-4,6,15H,5H2,1-2H3. The number of anilines is 1. The van der Waals surface area contributed by atoms with Crippen molar-refractivity contribution in [2.45, 2.75) is 20.4 Å². The maximum absolute atomic E-state index is 6.15. The number of benzene rings is 1. The monoisotopic (exact) mass is 286 g/mol. The van der Waals surface area contributed by atoms with Crippen molar-refractivity contribution >= 4 is 40.2 Å². The molecule has 0 bridgehead atoms. The van der Waals surface area contributed by atoms with E-state index in [1.54, 1.807) is 11.3 Å². The molecule has 0 radical (unpaired) electrons. The van der Waals surface area contributed by atoms with E-state index < -0.39 is 0 Å². The molecular weight excluding hydrogens is 275 g/mol. The van der Waals surface area contributed by atoms with Crippen LogP contribution in [0.25, 0.3) is 0 Å². The van der Waals surface area contributed by atoms with Crippen LogP contribution in [0.1, 0.15) is 16.1 Å². The number of hydrogen-bond donors (Lipinski definition) is 1. The van der Waals surface area contributed by atoms with Crippen LogP contribution in [0.2, 0.25) is 10.0 Å². The van der Waals surface area contributed by atoms with Crippen molar-refractivity contribution in [2.75, 3.05) is 5.32 Å². The lowest BCUT2D eigenvalue weighted by Gasteiger charge is -2.09. The van der Waals surface area contributed by atoms with Gasteiger partial charge >= 0.3 is 0 Å². The van der Waals surface area contributed by atoms with Crippen molar-refractivity contribution in [3.05, 3.63) is 43.8 Å². The minimum atomic E-state index is 0.689. The fraction of sp³-hybridized carbons (Fsp3) is 0.250. The van der Waals surface area contributed by atoms with Gasteiger partial charge < -0.3 is 5.32 Å². The summed E-state index contributed by atoms with van der Waals surface area (Å²) in [5.41, 5.74) is 4.74. The smallest absolute Gasteiger partial charge is 0.0798 e. The summed E-state index contributed by atoms with van der Waals surface area (Å²) in [6.07, 6.45) is 0. The second-order valence-electron chi connectivity index (χ2n) is 3.80. The van der Waals surface area contributed by atoms with Gasteiger partial charge in [-0.1, -0.05) is 23.2 Å². The molecule has 0 spiro atoms. The Morgan fingerprint density at radius 2 is 2.00 bits per heavy atom. The predicted molar refractivity (Wildman–Crippen MR) is 75.4 cm³/mol. The maximum atomic E-state index is 6.15. The maximum Gasteiger partial charge on any atom is 0.0798 e. The molecule has 2 aromatic rings. The van der Waals surface area contributed by atoms with Gasteiger partial charge in [0.05, 0.1) is 28.5 Å². The lowest BCUT2D eigenvalue weighted by atomic mass is 10.2. The first-order chi connectivity index (χ1) is 8.08. The van der Waals surface area contributed by atoms with Crippen LogP contribution in [0.15, 0.2) is 17.6 Å². The van der Waals surface area contributed by atoms with Crippen LogP contribution >= 0.6 is 34.5 Å². The van der Waals surface area contributed by atoms with E-state index in [2.05, 4.69) is 10.3 Å². The number of hydrogen-bond acceptors (Lipinski definition) is 3. The van der Waals surface area contributed by atoms with Crippen molar-refractivity contribution in [3.8, 4) is 0 Å². The van der Waals surface area contributed by atoms with Gasteiger partial charge in [0, 0.05) is 9.90 Å². The molecule has 2 rings (SSSR count). The Hall–Kier alpha value is -0.770. The summed E-state index contributed by atoms with van der Waals surface area (Å²) in [7, 11) is 0. The lowest BCUT2D eigenvalue weighted by Crippen LogP contribution is -2.00. The lowest BCUT2D eigenvalue weighted by molar-refractivity contribution is 1.12. The van der Waals surface area contributed by atoms with E-state index in [1.807, 2.05) is 31.5 Å². The summed E-state index contributed by atoms with van der Waals surface area (Å²) < 4.78 is 0. The molecular formula is C12H12Cl2N2S. The second kappa shape index (κ2) is 5.25. The van der Waals surface area contributed by atoms with Crippen molar-refractivity contribution < 1.29 is 0 Å². The summed E-state index contributed by atoms with van der Waals surface area (Å²) in [5.74, 6) is 0. The summed E-state index contributed by atoms with van der Waals surface area (Å²) in [6, 6.07) is 3.72. The largest absolute Gasteiger partial charge is 0.379 e. The van der Waals surface area contributed by atoms with Gasteiger partial charge in [-0.2, -0.15) is 0 Å². The molecule has 0 aliphatic heterocycles. The highest BCUT2D eigenvalue weighted by Crippen LogP contribution is 2.29. The van der Waals surface area contributed by atoms with E-state index in [-0.39, 0.29) is 0 Å². The molecule has 2 nitrogen and oxygen atoms in total. The zero-order valence-corrected chi connectivity index (χ0v) is 11.9. The molecule has 17 heavy (non-hydrogen) atoms. The quantitative estimate of drug-likeness (QED) is 0.886. The van der Waals surface area contributed by atoms with E-state index in [0.717, 1.165) is 28.5 Å². The first-order valence-corrected chi connectivity index (χ1v) is 6.80. The first-order valence-electron chi connectivity index (χ1n) is 5.16. The molecule has 90 valence electrons. The predicted octanol–water partition coefficient (Wildman–Crippen LogP) is 4.68. The van der Waals surface area contributed by atoms with Crippen molar-refractivity contribution in [3.63, 3.8) is 0 Å². The van der Waals surface area contributed by atoms with Crippen LogP contribution in [0.4, 0.5) is 5.69 Å². The van der Waals surface area contributed by atoms with Gasteiger partial charge in [-0.25, -0.2) is 4.98 Å². The van der Waals surface area contributed by atoms with Crippen LogP contribution in [0, 0.1) is 13.8 Å². The van der Waals surface area contributed by atoms with E-state index in [9.17, 15) is 0 Å². The van der Waals surface area contributed by atoms with Crippen LogP contribution in [-0.2, 0) is 6.54 Å². The SMILES string of the molecule is Cc1cc(Cl)c(NCc2scnc2C)cc1Cl. The number of nitrogens with one attached hydrogen (secondary N) is 1. The Balaban J connectivity index is 2.14. The zero-order valence-electron chi connectivity index (χ0n) is 9.55. The number of nitrogens with zero attached hydrogens (tertiary/aromatic N) is 1. The van der Waals surface area contributed by atoms with Gasteiger partial charge in [-0.05, 0) is 31.5 Å². The Morgan fingerprint density at radius 1 is 1.24 bits per heavy atom. The van der Waals surface area contributed by atoms with Crippen molar-refractivity contribution in [1.29, 1.82) is 0 Å². The molecule has 1 aromatic carbocycles. The fourth-order valence-corrected chi connectivity index (χ4v) is 2.62. The van der Waals surface area contributed by atoms with Gasteiger partial charge in [0.15, 0.2) is 0 Å². The summed E-state index contributed by atoms with van der Waals surface area (Å²) in [4.78, 5) is 5.41. The summed E-state index contributed by atoms with van der Waals surface area (Å²) >= 11 is 13.8. The molecule has 1 aromatic heterocycles. The molecule has 0 amide bonds. The Morgan fingerprint density at radius 3 is 2.65 bits per heavy atom. The highest BCUT2D eigenvalue weighted by Gasteiger charge is 2.06. The van der Waals surface area contributed by atoms with Gasteiger partial charge in [-0.15, -0.1) is 11.3 Å². The second-order valence-corrected chi connectivity index (χ2v) is 5.55. The highest BCUT2D eigenvalue weighted by atomic mass is 35.5. The number of halogens is 2. The van der Waals surface area contributed by atoms with Crippen LogP contribution < -0.4 is 5.32 Å². The molecule has 5 heteroatoms. The first kappa shape index (κ1) is 12.7. The van der Waals surface area contributed by atoms with Crippen LogP contribution in [-0.4, -0.2) is 4.98 Å². The topological polar surface area (TPSA) is 24.9 Å². The molecule has 0 saturated heterocycles. The molecule has 1 N–H and O–H groups in total. The van der Waals surface area contributed by atoms with E-state index >= 15 is 0 Å². The molecule has 0 unspecified atom stereocenters. The van der Waals surface area contributed by atoms with E-state index in [1.165, 1.54) is 4.88 Å². The molecule has 1 heterocycles. The molecule has 0 fully saturated rings. The van der Waals surface area contributed by atoms with Crippen molar-refractivity contribution in [2.24, 2.45) is 0 Å². The average molecular weight is 287 g/mol. The fourth-order valence-electron chi connectivity index (χ4n) is 1.45. The van der Waals surface area contributed by atoms with Gasteiger partial charge in [-0.3, -0.25) is 0 Å². The molecule has 0 saturated carbocycles. The number of aryl methyl sites for hydroxylation is 2. The van der Waals surface area contributed by atoms with E-state index in [0.29, 0.717) is 5.02 Å². The van der Waals surface area contributed by atoms with E-state index in [4.69, 9.17) is 23.2 Å². The molecule has 0 atom stereocenters. The zero-order chi connectivity index (χ0) is 12.4. The third-order valence-corrected chi connectivity index (χ3v) is 4.19. The molecule has 0 aliphatic carbocycles.